The Morgan fingerprint density at radius 1 is 1.13 bits per heavy atom. The summed E-state index contributed by atoms with van der Waals surface area (Å²) in [7, 11) is 0. The van der Waals surface area contributed by atoms with E-state index in [9.17, 15) is 4.79 Å². The lowest BCUT2D eigenvalue weighted by molar-refractivity contribution is 0.102. The zero-order valence-electron chi connectivity index (χ0n) is 16.1. The van der Waals surface area contributed by atoms with E-state index in [0.29, 0.717) is 53.5 Å². The second kappa shape index (κ2) is 7.72. The minimum Gasteiger partial charge on any atom is -0.494 e. The molecule has 0 atom stereocenters. The number of furan rings is 1. The van der Waals surface area contributed by atoms with E-state index in [0.717, 1.165) is 16.7 Å². The smallest absolute Gasteiger partial charge is 0.257 e. The molecule has 0 saturated carbocycles. The highest BCUT2D eigenvalue weighted by Crippen LogP contribution is 2.33. The van der Waals surface area contributed by atoms with Gasteiger partial charge in [0.1, 0.15) is 30.2 Å². The third kappa shape index (κ3) is 3.57. The van der Waals surface area contributed by atoms with Crippen LogP contribution >= 0.6 is 11.3 Å². The predicted octanol–water partition coefficient (Wildman–Crippen LogP) is 4.98. The molecular weight excluding hydrogens is 404 g/mol. The molecule has 30 heavy (non-hydrogen) atoms. The normalized spacial score (nSPS) is 12.7. The van der Waals surface area contributed by atoms with Gasteiger partial charge >= 0.3 is 0 Å². The molecule has 0 radical (unpaired) electrons. The number of carbonyl (C=O) groups is 1. The summed E-state index contributed by atoms with van der Waals surface area (Å²) in [5, 5.41) is 6.10. The number of hydrogen-bond donors (Lipinski definition) is 1. The summed E-state index contributed by atoms with van der Waals surface area (Å²) in [5.74, 6) is 2.38. The van der Waals surface area contributed by atoms with Crippen molar-refractivity contribution in [2.75, 3.05) is 25.1 Å². The summed E-state index contributed by atoms with van der Waals surface area (Å²) >= 11 is 1.33. The molecule has 0 fully saturated rings. The van der Waals surface area contributed by atoms with E-state index in [1.165, 1.54) is 11.3 Å². The number of anilines is 1. The standard InChI is InChI=1S/C22H18N2O5S/c1-2-26-15-4-6-17-14(9-15)11-19(29-17)16-12-30-22(23-16)24-21(25)13-3-5-18-20(10-13)28-8-7-27-18/h3-6,9-12H,2,7-8H2,1H3,(H,23,24,25). The van der Waals surface area contributed by atoms with Crippen molar-refractivity contribution in [1.82, 2.24) is 4.98 Å². The van der Waals surface area contributed by atoms with E-state index in [-0.39, 0.29) is 5.91 Å². The Labute approximate surface area is 176 Å². The Balaban J connectivity index is 1.34. The Hall–Kier alpha value is -3.52. The number of hydrogen-bond acceptors (Lipinski definition) is 7. The maximum atomic E-state index is 12.6. The molecule has 1 aliphatic heterocycles. The van der Waals surface area contributed by atoms with E-state index >= 15 is 0 Å². The van der Waals surface area contributed by atoms with Crippen molar-refractivity contribution in [2.45, 2.75) is 6.92 Å². The van der Waals surface area contributed by atoms with Crippen molar-refractivity contribution in [3.63, 3.8) is 0 Å². The zero-order chi connectivity index (χ0) is 20.5. The van der Waals surface area contributed by atoms with Gasteiger partial charge in [0.15, 0.2) is 22.4 Å². The predicted molar refractivity (Wildman–Crippen MR) is 114 cm³/mol. The van der Waals surface area contributed by atoms with Gasteiger partial charge < -0.3 is 18.6 Å². The second-order valence-corrected chi connectivity index (χ2v) is 7.45. The van der Waals surface area contributed by atoms with Crippen molar-refractivity contribution in [1.29, 1.82) is 0 Å². The first-order valence-electron chi connectivity index (χ1n) is 9.53. The van der Waals surface area contributed by atoms with Gasteiger partial charge in [0.2, 0.25) is 0 Å². The Kier molecular flexibility index (Phi) is 4.76. The number of nitrogens with zero attached hydrogens (tertiary/aromatic N) is 1. The molecule has 2 aromatic carbocycles. The first-order chi connectivity index (χ1) is 14.7. The number of benzene rings is 2. The molecule has 152 valence electrons. The summed E-state index contributed by atoms with van der Waals surface area (Å²) in [4.78, 5) is 17.1. The molecule has 0 bridgehead atoms. The molecule has 0 aliphatic carbocycles. The molecule has 1 aliphatic rings. The van der Waals surface area contributed by atoms with Crippen LogP contribution < -0.4 is 19.5 Å². The van der Waals surface area contributed by atoms with Crippen LogP contribution in [0.3, 0.4) is 0 Å². The Morgan fingerprint density at radius 3 is 2.87 bits per heavy atom. The number of amides is 1. The quantitative estimate of drug-likeness (QED) is 0.488. The Bertz CT molecular complexity index is 1230. The van der Waals surface area contributed by atoms with Gasteiger partial charge in [-0.3, -0.25) is 10.1 Å². The molecule has 5 rings (SSSR count). The van der Waals surface area contributed by atoms with Crippen molar-refractivity contribution in [2.24, 2.45) is 0 Å². The molecule has 0 spiro atoms. The van der Waals surface area contributed by atoms with Crippen LogP contribution in [0.5, 0.6) is 17.2 Å². The summed E-state index contributed by atoms with van der Waals surface area (Å²) < 4.78 is 22.5. The van der Waals surface area contributed by atoms with E-state index in [1.807, 2.05) is 36.6 Å². The summed E-state index contributed by atoms with van der Waals surface area (Å²) in [6.07, 6.45) is 0. The molecule has 0 unspecified atom stereocenters. The number of fused-ring (bicyclic) bond motifs is 2. The van der Waals surface area contributed by atoms with E-state index in [4.69, 9.17) is 18.6 Å². The van der Waals surface area contributed by atoms with Crippen LogP contribution in [0.25, 0.3) is 22.4 Å². The highest BCUT2D eigenvalue weighted by atomic mass is 32.1. The number of nitrogens with one attached hydrogen (secondary N) is 1. The summed E-state index contributed by atoms with van der Waals surface area (Å²) in [6, 6.07) is 12.7. The van der Waals surface area contributed by atoms with Gasteiger partial charge in [0.05, 0.1) is 6.61 Å². The van der Waals surface area contributed by atoms with Gasteiger partial charge in [-0.15, -0.1) is 11.3 Å². The van der Waals surface area contributed by atoms with Gasteiger partial charge in [-0.05, 0) is 49.4 Å². The molecule has 8 heteroatoms. The fourth-order valence-electron chi connectivity index (χ4n) is 3.20. The maximum Gasteiger partial charge on any atom is 0.257 e. The van der Waals surface area contributed by atoms with Crippen molar-refractivity contribution >= 4 is 33.3 Å². The first kappa shape index (κ1) is 18.5. The third-order valence-electron chi connectivity index (χ3n) is 4.58. The molecule has 0 saturated heterocycles. The van der Waals surface area contributed by atoms with Crippen LogP contribution in [0.1, 0.15) is 17.3 Å². The first-order valence-corrected chi connectivity index (χ1v) is 10.4. The minimum atomic E-state index is -0.265. The average molecular weight is 422 g/mol. The lowest BCUT2D eigenvalue weighted by Gasteiger charge is -2.18. The lowest BCUT2D eigenvalue weighted by Crippen LogP contribution is -2.17. The number of carbonyl (C=O) groups excluding carboxylic acids is 1. The summed E-state index contributed by atoms with van der Waals surface area (Å²) in [5.41, 5.74) is 1.89. The van der Waals surface area contributed by atoms with Crippen LogP contribution in [-0.4, -0.2) is 30.7 Å². The van der Waals surface area contributed by atoms with Crippen LogP contribution in [0, 0.1) is 0 Å². The molecule has 3 heterocycles. The lowest BCUT2D eigenvalue weighted by atomic mass is 10.2. The number of rotatable bonds is 5. The van der Waals surface area contributed by atoms with Crippen molar-refractivity contribution < 1.29 is 23.4 Å². The number of thiazole rings is 1. The van der Waals surface area contributed by atoms with E-state index in [2.05, 4.69) is 10.3 Å². The maximum absolute atomic E-state index is 12.6. The molecule has 2 aromatic heterocycles. The number of ether oxygens (including phenoxy) is 3. The highest BCUT2D eigenvalue weighted by Gasteiger charge is 2.17. The fourth-order valence-corrected chi connectivity index (χ4v) is 3.90. The Morgan fingerprint density at radius 2 is 2.00 bits per heavy atom. The van der Waals surface area contributed by atoms with Gasteiger partial charge in [0.25, 0.3) is 5.91 Å². The van der Waals surface area contributed by atoms with E-state index in [1.54, 1.807) is 18.2 Å². The van der Waals surface area contributed by atoms with Crippen molar-refractivity contribution in [3.8, 4) is 28.7 Å². The fraction of sp³-hybridized carbons (Fsp3) is 0.182. The topological polar surface area (TPSA) is 82.8 Å². The molecule has 1 amide bonds. The van der Waals surface area contributed by atoms with Gasteiger partial charge in [-0.25, -0.2) is 4.98 Å². The van der Waals surface area contributed by atoms with Gasteiger partial charge in [-0.2, -0.15) is 0 Å². The van der Waals surface area contributed by atoms with Gasteiger partial charge in [-0.1, -0.05) is 0 Å². The minimum absolute atomic E-state index is 0.265. The second-order valence-electron chi connectivity index (χ2n) is 6.59. The van der Waals surface area contributed by atoms with Crippen LogP contribution in [-0.2, 0) is 0 Å². The largest absolute Gasteiger partial charge is 0.494 e. The average Bonchev–Trinajstić information content (AvgIpc) is 3.40. The van der Waals surface area contributed by atoms with Crippen LogP contribution in [0.2, 0.25) is 0 Å². The van der Waals surface area contributed by atoms with Crippen LogP contribution in [0.4, 0.5) is 5.13 Å². The zero-order valence-corrected chi connectivity index (χ0v) is 17.0. The van der Waals surface area contributed by atoms with Crippen molar-refractivity contribution in [3.05, 3.63) is 53.4 Å². The van der Waals surface area contributed by atoms with E-state index < -0.39 is 0 Å². The molecular formula is C22H18N2O5S. The highest BCUT2D eigenvalue weighted by molar-refractivity contribution is 7.14. The summed E-state index contributed by atoms with van der Waals surface area (Å²) in [6.45, 7) is 3.53. The molecule has 1 N–H and O–H groups in total. The van der Waals surface area contributed by atoms with Gasteiger partial charge in [0, 0.05) is 16.3 Å². The molecule has 4 aromatic rings. The molecule has 7 nitrogen and oxygen atoms in total. The third-order valence-corrected chi connectivity index (χ3v) is 5.34. The SMILES string of the molecule is CCOc1ccc2oc(-c3csc(NC(=O)c4ccc5c(c4)OCCO5)n3)cc2c1. The monoisotopic (exact) mass is 422 g/mol. The number of aromatic nitrogens is 1. The van der Waals surface area contributed by atoms with Crippen LogP contribution in [0.15, 0.2) is 52.3 Å².